The minimum atomic E-state index is -4.38. The molecule has 1 atom stereocenters. The molecular formula is C24H30F3N3O6. The van der Waals surface area contributed by atoms with Gasteiger partial charge in [0.2, 0.25) is 11.8 Å². The standard InChI is InChI=1S/C20H26F3N3O2.C4H4O4/c1-15(27)25-10-11-26(18(14-25)13-24-8-2-3-9-24)19(28)12-16-4-6-17(7-5-16)20(21,22)23;5-3(6)1-2-4(7)8/h4-7,18H,2-3,8-14H2,1H3;1-2H,(H,5,6)(H,7,8)/b;2-1+. The number of hydrogen-bond acceptors (Lipinski definition) is 5. The van der Waals surface area contributed by atoms with E-state index in [9.17, 15) is 32.3 Å². The third kappa shape index (κ3) is 9.33. The number of likely N-dealkylation sites (tertiary alicyclic amines) is 1. The van der Waals surface area contributed by atoms with Crippen LogP contribution in [0.4, 0.5) is 13.2 Å². The smallest absolute Gasteiger partial charge is 0.416 e. The molecule has 0 radical (unpaired) electrons. The maximum Gasteiger partial charge on any atom is 0.416 e. The largest absolute Gasteiger partial charge is 0.478 e. The molecule has 2 N–H and O–H groups in total. The molecule has 0 saturated carbocycles. The molecular weight excluding hydrogens is 483 g/mol. The number of carbonyl (C=O) groups is 4. The van der Waals surface area contributed by atoms with Crippen molar-refractivity contribution in [2.45, 2.75) is 38.4 Å². The highest BCUT2D eigenvalue weighted by Crippen LogP contribution is 2.29. The summed E-state index contributed by atoms with van der Waals surface area (Å²) in [7, 11) is 0. The van der Waals surface area contributed by atoms with Crippen LogP contribution < -0.4 is 0 Å². The predicted molar refractivity (Wildman–Crippen MR) is 123 cm³/mol. The van der Waals surface area contributed by atoms with Crippen LogP contribution in [0.1, 0.15) is 30.9 Å². The second-order valence-electron chi connectivity index (χ2n) is 8.59. The number of carbonyl (C=O) groups excluding carboxylic acids is 2. The minimum absolute atomic E-state index is 0.00117. The molecule has 36 heavy (non-hydrogen) atoms. The molecule has 12 heteroatoms. The lowest BCUT2D eigenvalue weighted by atomic mass is 10.1. The van der Waals surface area contributed by atoms with Crippen LogP contribution in [-0.2, 0) is 31.8 Å². The van der Waals surface area contributed by atoms with Gasteiger partial charge in [0.05, 0.1) is 18.0 Å². The number of carboxylic acid groups (broad SMARTS) is 2. The summed E-state index contributed by atoms with van der Waals surface area (Å²) < 4.78 is 38.1. The molecule has 1 aromatic carbocycles. The molecule has 0 bridgehead atoms. The maximum atomic E-state index is 12.9. The molecule has 2 aliphatic heterocycles. The van der Waals surface area contributed by atoms with Crippen molar-refractivity contribution in [2.24, 2.45) is 0 Å². The Kier molecular flexibility index (Phi) is 10.5. The zero-order valence-corrected chi connectivity index (χ0v) is 19.9. The molecule has 1 unspecified atom stereocenters. The van der Waals surface area contributed by atoms with E-state index in [2.05, 4.69) is 4.90 Å². The highest BCUT2D eigenvalue weighted by atomic mass is 19.4. The number of aliphatic carboxylic acids is 2. The van der Waals surface area contributed by atoms with Crippen LogP contribution in [0.2, 0.25) is 0 Å². The van der Waals surface area contributed by atoms with Gasteiger partial charge in [0, 0.05) is 45.3 Å². The number of benzene rings is 1. The highest BCUT2D eigenvalue weighted by Gasteiger charge is 2.33. The fourth-order valence-corrected chi connectivity index (χ4v) is 4.12. The van der Waals surface area contributed by atoms with E-state index in [-0.39, 0.29) is 24.3 Å². The zero-order valence-electron chi connectivity index (χ0n) is 19.9. The van der Waals surface area contributed by atoms with Crippen molar-refractivity contribution < 1.29 is 42.6 Å². The third-order valence-corrected chi connectivity index (χ3v) is 5.92. The minimum Gasteiger partial charge on any atom is -0.478 e. The molecule has 2 fully saturated rings. The van der Waals surface area contributed by atoms with Crippen molar-refractivity contribution in [3.63, 3.8) is 0 Å². The Balaban J connectivity index is 0.000000493. The molecule has 2 amide bonds. The summed E-state index contributed by atoms with van der Waals surface area (Å²) in [6.07, 6.45) is -0.920. The summed E-state index contributed by atoms with van der Waals surface area (Å²) in [5.74, 6) is -2.62. The number of rotatable bonds is 6. The second kappa shape index (κ2) is 13.1. The van der Waals surface area contributed by atoms with Gasteiger partial charge in [-0.25, -0.2) is 9.59 Å². The van der Waals surface area contributed by atoms with Crippen LogP contribution in [0.15, 0.2) is 36.4 Å². The van der Waals surface area contributed by atoms with E-state index in [1.165, 1.54) is 19.1 Å². The molecule has 9 nitrogen and oxygen atoms in total. The summed E-state index contributed by atoms with van der Waals surface area (Å²) in [5, 5.41) is 15.6. The topological polar surface area (TPSA) is 118 Å². The highest BCUT2D eigenvalue weighted by molar-refractivity contribution is 5.89. The van der Waals surface area contributed by atoms with Crippen molar-refractivity contribution in [3.8, 4) is 0 Å². The first-order valence-corrected chi connectivity index (χ1v) is 11.4. The molecule has 0 spiro atoms. The van der Waals surface area contributed by atoms with Crippen molar-refractivity contribution in [3.05, 3.63) is 47.5 Å². The summed E-state index contributed by atoms with van der Waals surface area (Å²) >= 11 is 0. The normalized spacial score (nSPS) is 18.6. The molecule has 198 valence electrons. The van der Waals surface area contributed by atoms with Gasteiger partial charge >= 0.3 is 18.1 Å². The van der Waals surface area contributed by atoms with Crippen LogP contribution in [0.5, 0.6) is 0 Å². The number of carboxylic acids is 2. The SMILES string of the molecule is CC(=O)N1CCN(C(=O)Cc2ccc(C(F)(F)F)cc2)C(CN2CCCC2)C1.O=C(O)/C=C/C(=O)O. The van der Waals surface area contributed by atoms with E-state index in [0.29, 0.717) is 37.3 Å². The molecule has 3 rings (SSSR count). The van der Waals surface area contributed by atoms with Crippen LogP contribution in [0.25, 0.3) is 0 Å². The fourth-order valence-electron chi connectivity index (χ4n) is 4.12. The average Bonchev–Trinajstić information content (AvgIpc) is 3.31. The van der Waals surface area contributed by atoms with E-state index in [0.717, 1.165) is 44.6 Å². The first kappa shape index (κ1) is 28.8. The maximum absolute atomic E-state index is 12.9. The fraction of sp³-hybridized carbons (Fsp3) is 0.500. The van der Waals surface area contributed by atoms with Crippen LogP contribution >= 0.6 is 0 Å². The first-order valence-electron chi connectivity index (χ1n) is 11.4. The lowest BCUT2D eigenvalue weighted by Gasteiger charge is -2.42. The van der Waals surface area contributed by atoms with Gasteiger partial charge in [0.15, 0.2) is 0 Å². The van der Waals surface area contributed by atoms with Gasteiger partial charge in [-0.05, 0) is 43.6 Å². The molecule has 2 aliphatic rings. The molecule has 2 heterocycles. The number of piperazine rings is 1. The second-order valence-corrected chi connectivity index (χ2v) is 8.59. The van der Waals surface area contributed by atoms with Crippen LogP contribution in [0.3, 0.4) is 0 Å². The van der Waals surface area contributed by atoms with E-state index >= 15 is 0 Å². The van der Waals surface area contributed by atoms with Gasteiger partial charge < -0.3 is 24.9 Å². The van der Waals surface area contributed by atoms with Gasteiger partial charge in [-0.15, -0.1) is 0 Å². The van der Waals surface area contributed by atoms with Crippen LogP contribution in [0, 0.1) is 0 Å². The summed E-state index contributed by atoms with van der Waals surface area (Å²) in [6.45, 7) is 5.71. The Morgan fingerprint density at radius 1 is 0.944 bits per heavy atom. The third-order valence-electron chi connectivity index (χ3n) is 5.92. The monoisotopic (exact) mass is 513 g/mol. The number of hydrogen-bond donors (Lipinski definition) is 2. The quantitative estimate of drug-likeness (QED) is 0.560. The lowest BCUT2D eigenvalue weighted by Crippen LogP contribution is -2.59. The Bertz CT molecular complexity index is 943. The Morgan fingerprint density at radius 2 is 1.50 bits per heavy atom. The lowest BCUT2D eigenvalue weighted by molar-refractivity contribution is -0.142. The summed E-state index contributed by atoms with van der Waals surface area (Å²) in [5.41, 5.74) is -0.155. The molecule has 0 aliphatic carbocycles. The Labute approximate surface area is 206 Å². The van der Waals surface area contributed by atoms with Gasteiger partial charge in [-0.3, -0.25) is 9.59 Å². The predicted octanol–water partition coefficient (Wildman–Crippen LogP) is 2.11. The summed E-state index contributed by atoms with van der Waals surface area (Å²) in [6, 6.07) is 4.66. The van der Waals surface area contributed by atoms with Gasteiger partial charge in [0.1, 0.15) is 0 Å². The number of nitrogens with zero attached hydrogens (tertiary/aromatic N) is 3. The summed E-state index contributed by atoms with van der Waals surface area (Å²) in [4.78, 5) is 49.7. The Morgan fingerprint density at radius 3 is 1.97 bits per heavy atom. The molecule has 1 aromatic rings. The van der Waals surface area contributed by atoms with Crippen molar-refractivity contribution >= 4 is 23.8 Å². The number of alkyl halides is 3. The van der Waals surface area contributed by atoms with Crippen molar-refractivity contribution in [2.75, 3.05) is 39.3 Å². The first-order chi connectivity index (χ1) is 16.9. The van der Waals surface area contributed by atoms with E-state index in [1.54, 1.807) is 9.80 Å². The van der Waals surface area contributed by atoms with E-state index in [4.69, 9.17) is 10.2 Å². The number of halogens is 3. The van der Waals surface area contributed by atoms with E-state index < -0.39 is 23.7 Å². The molecule has 0 aromatic heterocycles. The van der Waals surface area contributed by atoms with Gasteiger partial charge in [-0.2, -0.15) is 13.2 Å². The van der Waals surface area contributed by atoms with E-state index in [1.807, 2.05) is 0 Å². The molecule has 2 saturated heterocycles. The van der Waals surface area contributed by atoms with Gasteiger partial charge in [-0.1, -0.05) is 12.1 Å². The van der Waals surface area contributed by atoms with Crippen LogP contribution in [-0.4, -0.2) is 94.0 Å². The van der Waals surface area contributed by atoms with Crippen molar-refractivity contribution in [1.82, 2.24) is 14.7 Å². The van der Waals surface area contributed by atoms with Gasteiger partial charge in [0.25, 0.3) is 0 Å². The van der Waals surface area contributed by atoms with Crippen molar-refractivity contribution in [1.29, 1.82) is 0 Å². The number of amides is 2. The average molecular weight is 514 g/mol. The Hall–Kier alpha value is -3.41. The zero-order chi connectivity index (χ0) is 26.9.